The summed E-state index contributed by atoms with van der Waals surface area (Å²) < 4.78 is 1.86. The number of nitrogens with one attached hydrogen (secondary N) is 1. The molecule has 0 aliphatic carbocycles. The van der Waals surface area contributed by atoms with Crippen molar-refractivity contribution in [1.29, 1.82) is 0 Å². The Kier molecular flexibility index (Phi) is 4.15. The highest BCUT2D eigenvalue weighted by Crippen LogP contribution is 2.17. The van der Waals surface area contributed by atoms with E-state index in [9.17, 15) is 4.79 Å². The number of nitrogens with zero attached hydrogens (tertiary/aromatic N) is 4. The highest BCUT2D eigenvalue weighted by molar-refractivity contribution is 5.95. The van der Waals surface area contributed by atoms with Crippen LogP contribution in [0.5, 0.6) is 0 Å². The summed E-state index contributed by atoms with van der Waals surface area (Å²) in [5.74, 6) is 0.493. The summed E-state index contributed by atoms with van der Waals surface area (Å²) >= 11 is 0. The molecule has 0 saturated heterocycles. The van der Waals surface area contributed by atoms with E-state index in [-0.39, 0.29) is 11.9 Å². The van der Waals surface area contributed by atoms with Crippen molar-refractivity contribution in [3.63, 3.8) is 0 Å². The topological polar surface area (TPSA) is 72.2 Å². The lowest BCUT2D eigenvalue weighted by molar-refractivity contribution is -0.117. The number of aromatic nitrogens is 4. The first-order valence-corrected chi connectivity index (χ1v) is 8.34. The second-order valence-corrected chi connectivity index (χ2v) is 5.97. The van der Waals surface area contributed by atoms with Gasteiger partial charge in [0, 0.05) is 29.4 Å². The molecule has 0 spiro atoms. The Morgan fingerprint density at radius 1 is 1.12 bits per heavy atom. The molecular formula is C20H17N5O. The summed E-state index contributed by atoms with van der Waals surface area (Å²) in [6.45, 7) is 1.88. The van der Waals surface area contributed by atoms with E-state index in [0.717, 1.165) is 22.1 Å². The lowest BCUT2D eigenvalue weighted by atomic mass is 10.1. The van der Waals surface area contributed by atoms with E-state index in [1.54, 1.807) is 12.3 Å². The Labute approximate surface area is 150 Å². The van der Waals surface area contributed by atoms with Crippen LogP contribution in [-0.2, 0) is 4.79 Å². The third-order valence-corrected chi connectivity index (χ3v) is 4.16. The molecule has 6 heteroatoms. The Balaban J connectivity index is 1.52. The molecule has 0 radical (unpaired) electrons. The summed E-state index contributed by atoms with van der Waals surface area (Å²) in [6, 6.07) is 15.2. The van der Waals surface area contributed by atoms with E-state index in [1.807, 2.05) is 66.1 Å². The van der Waals surface area contributed by atoms with Crippen LogP contribution in [0.25, 0.3) is 22.6 Å². The molecule has 4 aromatic rings. The maximum absolute atomic E-state index is 12.3. The number of amides is 1. The third-order valence-electron chi connectivity index (χ3n) is 4.16. The predicted octanol–water partition coefficient (Wildman–Crippen LogP) is 3.17. The maximum Gasteiger partial charge on any atom is 0.244 e. The molecule has 1 atom stereocenters. The van der Waals surface area contributed by atoms with Crippen LogP contribution in [-0.4, -0.2) is 25.5 Å². The normalized spacial score (nSPS) is 12.7. The van der Waals surface area contributed by atoms with E-state index in [4.69, 9.17) is 0 Å². The van der Waals surface area contributed by atoms with E-state index < -0.39 is 0 Å². The SMILES string of the molecule is C[C@@H](NC(=O)/C=C/c1cccc2cccnc12)c1nnc2ccccn12. The first-order valence-electron chi connectivity index (χ1n) is 8.34. The van der Waals surface area contributed by atoms with Gasteiger partial charge in [0.1, 0.15) is 0 Å². The van der Waals surface area contributed by atoms with Gasteiger partial charge in [0.15, 0.2) is 11.5 Å². The van der Waals surface area contributed by atoms with Gasteiger partial charge in [0.05, 0.1) is 11.6 Å². The highest BCUT2D eigenvalue weighted by atomic mass is 16.1. The van der Waals surface area contributed by atoms with E-state index in [1.165, 1.54) is 6.08 Å². The van der Waals surface area contributed by atoms with Gasteiger partial charge in [-0.2, -0.15) is 0 Å². The van der Waals surface area contributed by atoms with Crippen molar-refractivity contribution in [3.05, 3.63) is 78.4 Å². The predicted molar refractivity (Wildman–Crippen MR) is 100 cm³/mol. The van der Waals surface area contributed by atoms with Gasteiger partial charge in [-0.3, -0.25) is 14.2 Å². The highest BCUT2D eigenvalue weighted by Gasteiger charge is 2.14. The molecule has 0 fully saturated rings. The standard InChI is InChI=1S/C20H17N5O/c1-14(20-24-23-17-9-2-3-13-25(17)20)22-18(26)11-10-16-7-4-6-15-8-5-12-21-19(15)16/h2-14H,1H3,(H,22,26)/b11-10+/t14-/m1/s1. The number of carbonyl (C=O) groups is 1. The van der Waals surface area contributed by atoms with Gasteiger partial charge in [0.25, 0.3) is 0 Å². The monoisotopic (exact) mass is 343 g/mol. The van der Waals surface area contributed by atoms with Gasteiger partial charge in [-0.1, -0.05) is 30.3 Å². The van der Waals surface area contributed by atoms with Gasteiger partial charge in [0.2, 0.25) is 5.91 Å². The number of rotatable bonds is 4. The molecule has 128 valence electrons. The molecule has 1 aromatic carbocycles. The van der Waals surface area contributed by atoms with E-state index >= 15 is 0 Å². The van der Waals surface area contributed by atoms with Crippen molar-refractivity contribution >= 4 is 28.5 Å². The number of fused-ring (bicyclic) bond motifs is 2. The molecule has 0 unspecified atom stereocenters. The Bertz CT molecular complexity index is 1110. The Morgan fingerprint density at radius 3 is 2.92 bits per heavy atom. The van der Waals surface area contributed by atoms with Crippen molar-refractivity contribution in [2.24, 2.45) is 0 Å². The Morgan fingerprint density at radius 2 is 2.00 bits per heavy atom. The molecule has 26 heavy (non-hydrogen) atoms. The number of para-hydroxylation sites is 1. The molecule has 0 aliphatic rings. The summed E-state index contributed by atoms with van der Waals surface area (Å²) in [4.78, 5) is 16.7. The number of hydrogen-bond donors (Lipinski definition) is 1. The zero-order valence-electron chi connectivity index (χ0n) is 14.2. The molecular weight excluding hydrogens is 326 g/mol. The van der Waals surface area contributed by atoms with Crippen LogP contribution >= 0.6 is 0 Å². The van der Waals surface area contributed by atoms with Crippen LogP contribution in [0.3, 0.4) is 0 Å². The molecule has 1 N–H and O–H groups in total. The summed E-state index contributed by atoms with van der Waals surface area (Å²) in [6.07, 6.45) is 6.92. The van der Waals surface area contributed by atoms with Gasteiger partial charge in [-0.25, -0.2) is 0 Å². The number of hydrogen-bond acceptors (Lipinski definition) is 4. The lowest BCUT2D eigenvalue weighted by Gasteiger charge is -2.10. The minimum atomic E-state index is -0.268. The van der Waals surface area contributed by atoms with Crippen molar-refractivity contribution in [1.82, 2.24) is 24.9 Å². The van der Waals surface area contributed by atoms with Gasteiger partial charge < -0.3 is 5.32 Å². The fourth-order valence-electron chi connectivity index (χ4n) is 2.91. The fourth-order valence-corrected chi connectivity index (χ4v) is 2.91. The second-order valence-electron chi connectivity index (χ2n) is 5.97. The molecule has 0 aliphatic heterocycles. The van der Waals surface area contributed by atoms with Crippen molar-refractivity contribution in [3.8, 4) is 0 Å². The van der Waals surface area contributed by atoms with Crippen molar-refractivity contribution in [2.75, 3.05) is 0 Å². The smallest absolute Gasteiger partial charge is 0.244 e. The van der Waals surface area contributed by atoms with Crippen LogP contribution in [0.4, 0.5) is 0 Å². The molecule has 4 rings (SSSR count). The summed E-state index contributed by atoms with van der Waals surface area (Å²) in [7, 11) is 0. The van der Waals surface area contributed by atoms with E-state index in [2.05, 4.69) is 20.5 Å². The largest absolute Gasteiger partial charge is 0.343 e. The average molecular weight is 343 g/mol. The minimum Gasteiger partial charge on any atom is -0.343 e. The first kappa shape index (κ1) is 16.0. The van der Waals surface area contributed by atoms with Crippen molar-refractivity contribution in [2.45, 2.75) is 13.0 Å². The van der Waals surface area contributed by atoms with Crippen LogP contribution in [0.2, 0.25) is 0 Å². The lowest BCUT2D eigenvalue weighted by Crippen LogP contribution is -2.26. The zero-order valence-corrected chi connectivity index (χ0v) is 14.2. The van der Waals surface area contributed by atoms with Crippen molar-refractivity contribution < 1.29 is 4.79 Å². The molecule has 0 saturated carbocycles. The third kappa shape index (κ3) is 3.04. The maximum atomic E-state index is 12.3. The molecule has 1 amide bonds. The Hall–Kier alpha value is -3.54. The van der Waals surface area contributed by atoms with Crippen LogP contribution in [0, 0.1) is 0 Å². The molecule has 3 aromatic heterocycles. The van der Waals surface area contributed by atoms with Gasteiger partial charge >= 0.3 is 0 Å². The average Bonchev–Trinajstić information content (AvgIpc) is 3.10. The van der Waals surface area contributed by atoms with Gasteiger partial charge in [-0.05, 0) is 31.2 Å². The number of carbonyl (C=O) groups excluding carboxylic acids is 1. The number of benzene rings is 1. The quantitative estimate of drug-likeness (QED) is 0.578. The first-order chi connectivity index (χ1) is 12.7. The minimum absolute atomic E-state index is 0.196. The van der Waals surface area contributed by atoms with Crippen LogP contribution in [0.1, 0.15) is 24.4 Å². The second kappa shape index (κ2) is 6.76. The van der Waals surface area contributed by atoms with E-state index in [0.29, 0.717) is 5.82 Å². The van der Waals surface area contributed by atoms with Gasteiger partial charge in [-0.15, -0.1) is 10.2 Å². The molecule has 0 bridgehead atoms. The zero-order chi connectivity index (χ0) is 17.9. The molecule has 6 nitrogen and oxygen atoms in total. The number of pyridine rings is 2. The fraction of sp³-hybridized carbons (Fsp3) is 0.100. The summed E-state index contributed by atoms with van der Waals surface area (Å²) in [5, 5.41) is 12.2. The van der Waals surface area contributed by atoms with Crippen LogP contribution in [0.15, 0.2) is 67.0 Å². The molecule has 3 heterocycles. The van der Waals surface area contributed by atoms with Crippen LogP contribution < -0.4 is 5.32 Å². The summed E-state index contributed by atoms with van der Waals surface area (Å²) in [5.41, 5.74) is 2.52.